The largest absolute Gasteiger partial charge is 0.459 e. The summed E-state index contributed by atoms with van der Waals surface area (Å²) in [6, 6.07) is 10.6. The predicted octanol–water partition coefficient (Wildman–Crippen LogP) is 3.25. The molecule has 1 aromatic carbocycles. The van der Waals surface area contributed by atoms with Gasteiger partial charge in [0.1, 0.15) is 12.6 Å². The van der Waals surface area contributed by atoms with Crippen LogP contribution in [0.2, 0.25) is 0 Å². The molecule has 2 N–H and O–H groups in total. The van der Waals surface area contributed by atoms with Gasteiger partial charge in [-0.25, -0.2) is 4.79 Å². The Bertz CT molecular complexity index is 528. The van der Waals surface area contributed by atoms with E-state index in [0.29, 0.717) is 0 Å². The monoisotopic (exact) mass is 325 g/mol. The number of carbonyl (C=O) groups excluding carboxylic acids is 1. The van der Waals surface area contributed by atoms with Crippen molar-refractivity contribution in [2.75, 3.05) is 0 Å². The number of halogens is 1. The molecule has 1 atom stereocenters. The average molecular weight is 326 g/mol. The van der Waals surface area contributed by atoms with Crippen molar-refractivity contribution in [2.45, 2.75) is 12.6 Å². The molecule has 1 unspecified atom stereocenters. The smallest absolute Gasteiger partial charge is 0.328 e. The summed E-state index contributed by atoms with van der Waals surface area (Å²) in [6.45, 7) is 0.222. The Labute approximate surface area is 118 Å². The topological polar surface area (TPSA) is 52.3 Å². The highest BCUT2D eigenvalue weighted by Crippen LogP contribution is 2.20. The Balaban J connectivity index is 1.95. The van der Waals surface area contributed by atoms with Crippen LogP contribution in [0.4, 0.5) is 0 Å². The molecule has 0 saturated carbocycles. The van der Waals surface area contributed by atoms with Crippen molar-refractivity contribution >= 4 is 33.2 Å². The third-order valence-electron chi connectivity index (χ3n) is 2.43. The van der Waals surface area contributed by atoms with Gasteiger partial charge in [0.15, 0.2) is 0 Å². The molecule has 0 bridgehead atoms. The second-order valence-electron chi connectivity index (χ2n) is 3.69. The molecule has 0 saturated heterocycles. The number of nitrogens with two attached hydrogens (primary N) is 1. The van der Waals surface area contributed by atoms with Crippen LogP contribution in [0.3, 0.4) is 0 Å². The van der Waals surface area contributed by atoms with Crippen molar-refractivity contribution < 1.29 is 9.53 Å². The van der Waals surface area contributed by atoms with E-state index in [1.165, 1.54) is 11.3 Å². The molecule has 2 rings (SSSR count). The molecular weight excluding hydrogens is 314 g/mol. The van der Waals surface area contributed by atoms with Crippen LogP contribution < -0.4 is 5.73 Å². The lowest BCUT2D eigenvalue weighted by molar-refractivity contribution is -0.146. The van der Waals surface area contributed by atoms with Gasteiger partial charge in [-0.1, -0.05) is 40.2 Å². The summed E-state index contributed by atoms with van der Waals surface area (Å²) in [5.74, 6) is -0.409. The summed E-state index contributed by atoms with van der Waals surface area (Å²) >= 11 is 4.85. The fourth-order valence-electron chi connectivity index (χ4n) is 1.44. The Hall–Kier alpha value is -1.17. The van der Waals surface area contributed by atoms with Crippen molar-refractivity contribution in [1.29, 1.82) is 0 Å². The van der Waals surface area contributed by atoms with E-state index in [1.807, 2.05) is 41.8 Å². The first kappa shape index (κ1) is 13.3. The molecule has 2 aromatic rings. The number of esters is 1. The Morgan fingerprint density at radius 1 is 1.33 bits per heavy atom. The van der Waals surface area contributed by atoms with Gasteiger partial charge in [-0.15, -0.1) is 11.3 Å². The molecule has 94 valence electrons. The van der Waals surface area contributed by atoms with Gasteiger partial charge in [0.05, 0.1) is 0 Å². The standard InChI is InChI=1S/C13H12BrNO2S/c14-10-5-2-1-4-9(10)8-17-13(16)12(15)11-6-3-7-18-11/h1-7,12H,8,15H2. The van der Waals surface area contributed by atoms with Crippen molar-refractivity contribution in [3.05, 3.63) is 56.7 Å². The van der Waals surface area contributed by atoms with Gasteiger partial charge in [0.25, 0.3) is 0 Å². The van der Waals surface area contributed by atoms with Crippen molar-refractivity contribution in [3.8, 4) is 0 Å². The lowest BCUT2D eigenvalue weighted by Crippen LogP contribution is -2.22. The zero-order valence-electron chi connectivity index (χ0n) is 9.51. The quantitative estimate of drug-likeness (QED) is 0.878. The molecule has 0 spiro atoms. The minimum absolute atomic E-state index is 0.222. The molecular formula is C13H12BrNO2S. The third-order valence-corrected chi connectivity index (χ3v) is 4.16. The maximum absolute atomic E-state index is 11.8. The van der Waals surface area contributed by atoms with Gasteiger partial charge in [-0.2, -0.15) is 0 Å². The minimum atomic E-state index is -0.701. The van der Waals surface area contributed by atoms with Gasteiger partial charge in [0, 0.05) is 14.9 Å². The van der Waals surface area contributed by atoms with Crippen LogP contribution in [0.1, 0.15) is 16.5 Å². The van der Waals surface area contributed by atoms with Crippen LogP contribution in [0, 0.1) is 0 Å². The number of ether oxygens (including phenoxy) is 1. The second-order valence-corrected chi connectivity index (χ2v) is 5.53. The maximum atomic E-state index is 11.8. The second kappa shape index (κ2) is 6.13. The van der Waals surface area contributed by atoms with E-state index in [0.717, 1.165) is 14.9 Å². The SMILES string of the molecule is NC(C(=O)OCc1ccccc1Br)c1cccs1. The lowest BCUT2D eigenvalue weighted by Gasteiger charge is -2.10. The molecule has 0 amide bonds. The first-order valence-electron chi connectivity index (χ1n) is 5.37. The molecule has 18 heavy (non-hydrogen) atoms. The molecule has 1 aromatic heterocycles. The minimum Gasteiger partial charge on any atom is -0.459 e. The molecule has 0 aliphatic rings. The molecule has 0 radical (unpaired) electrons. The van der Waals surface area contributed by atoms with E-state index in [9.17, 15) is 4.79 Å². The summed E-state index contributed by atoms with van der Waals surface area (Å²) in [7, 11) is 0. The lowest BCUT2D eigenvalue weighted by atomic mass is 10.2. The van der Waals surface area contributed by atoms with E-state index >= 15 is 0 Å². The van der Waals surface area contributed by atoms with Gasteiger partial charge in [0.2, 0.25) is 0 Å². The molecule has 0 aliphatic heterocycles. The van der Waals surface area contributed by atoms with Crippen LogP contribution >= 0.6 is 27.3 Å². The first-order valence-corrected chi connectivity index (χ1v) is 7.05. The summed E-state index contributed by atoms with van der Waals surface area (Å²) in [5, 5.41) is 1.89. The highest BCUT2D eigenvalue weighted by molar-refractivity contribution is 9.10. The van der Waals surface area contributed by atoms with E-state index in [2.05, 4.69) is 15.9 Å². The van der Waals surface area contributed by atoms with E-state index in [1.54, 1.807) is 0 Å². The Morgan fingerprint density at radius 3 is 2.78 bits per heavy atom. The van der Waals surface area contributed by atoms with Crippen LogP contribution in [0.15, 0.2) is 46.3 Å². The number of hydrogen-bond acceptors (Lipinski definition) is 4. The van der Waals surface area contributed by atoms with E-state index < -0.39 is 12.0 Å². The third kappa shape index (κ3) is 3.19. The Kier molecular flexibility index (Phi) is 4.52. The van der Waals surface area contributed by atoms with Gasteiger partial charge >= 0.3 is 5.97 Å². The van der Waals surface area contributed by atoms with Gasteiger partial charge < -0.3 is 10.5 Å². The molecule has 3 nitrogen and oxygen atoms in total. The number of hydrogen-bond donors (Lipinski definition) is 1. The predicted molar refractivity (Wildman–Crippen MR) is 75.2 cm³/mol. The fraction of sp³-hybridized carbons (Fsp3) is 0.154. The zero-order chi connectivity index (χ0) is 13.0. The summed E-state index contributed by atoms with van der Waals surface area (Å²) in [6.07, 6.45) is 0. The van der Waals surface area contributed by atoms with Crippen LogP contribution in [0.25, 0.3) is 0 Å². The normalized spacial score (nSPS) is 12.1. The van der Waals surface area contributed by atoms with E-state index in [4.69, 9.17) is 10.5 Å². The summed E-state index contributed by atoms with van der Waals surface area (Å²) in [5.41, 5.74) is 6.73. The highest BCUT2D eigenvalue weighted by Gasteiger charge is 2.18. The van der Waals surface area contributed by atoms with E-state index in [-0.39, 0.29) is 6.61 Å². The molecule has 0 fully saturated rings. The fourth-order valence-corrected chi connectivity index (χ4v) is 2.55. The van der Waals surface area contributed by atoms with Crippen LogP contribution in [-0.2, 0) is 16.1 Å². The number of benzene rings is 1. The van der Waals surface area contributed by atoms with Crippen molar-refractivity contribution in [2.24, 2.45) is 5.73 Å². The zero-order valence-corrected chi connectivity index (χ0v) is 11.9. The summed E-state index contributed by atoms with van der Waals surface area (Å²) in [4.78, 5) is 12.6. The van der Waals surface area contributed by atoms with Crippen LogP contribution in [-0.4, -0.2) is 5.97 Å². The number of rotatable bonds is 4. The molecule has 0 aliphatic carbocycles. The van der Waals surface area contributed by atoms with Crippen molar-refractivity contribution in [1.82, 2.24) is 0 Å². The Morgan fingerprint density at radius 2 is 2.11 bits per heavy atom. The number of carbonyl (C=O) groups is 1. The average Bonchev–Trinajstić information content (AvgIpc) is 2.90. The maximum Gasteiger partial charge on any atom is 0.328 e. The van der Waals surface area contributed by atoms with Gasteiger partial charge in [-0.05, 0) is 17.5 Å². The van der Waals surface area contributed by atoms with Crippen molar-refractivity contribution in [3.63, 3.8) is 0 Å². The number of thiophene rings is 1. The summed E-state index contributed by atoms with van der Waals surface area (Å²) < 4.78 is 6.13. The molecule has 1 heterocycles. The first-order chi connectivity index (χ1) is 8.68. The van der Waals surface area contributed by atoms with Gasteiger partial charge in [-0.3, -0.25) is 0 Å². The van der Waals surface area contributed by atoms with Crippen LogP contribution in [0.5, 0.6) is 0 Å². The molecule has 5 heteroatoms. The highest BCUT2D eigenvalue weighted by atomic mass is 79.9.